The minimum absolute atomic E-state index is 0.185. The van der Waals surface area contributed by atoms with Crippen LogP contribution in [0.5, 0.6) is 0 Å². The predicted octanol–water partition coefficient (Wildman–Crippen LogP) is -0.679. The van der Waals surface area contributed by atoms with Crippen molar-refractivity contribution in [3.63, 3.8) is 0 Å². The van der Waals surface area contributed by atoms with Crippen molar-refractivity contribution in [2.24, 2.45) is 10.8 Å². The molecule has 0 spiro atoms. The quantitative estimate of drug-likeness (QED) is 0.530. The molecule has 0 amide bonds. The standard InChI is InChI=1S/C13H17N3O6.CH2O2/c1-21-3-2-8-14-9(22-15-8)4-16-6-12(10(17)18)5-13(12,7-16)11(19)20;2-1-3/h2-7H2,1H3,(H,17,18)(H,19,20);1H,(H,2,3)/t12-,13+;. The first kappa shape index (κ1) is 18.8. The zero-order valence-electron chi connectivity index (χ0n) is 13.5. The summed E-state index contributed by atoms with van der Waals surface area (Å²) in [6, 6.07) is 0. The Morgan fingerprint density at radius 1 is 1.32 bits per heavy atom. The van der Waals surface area contributed by atoms with Gasteiger partial charge in [0.15, 0.2) is 5.82 Å². The number of methoxy groups -OCH3 is 1. The Morgan fingerprint density at radius 3 is 2.36 bits per heavy atom. The molecule has 11 heteroatoms. The summed E-state index contributed by atoms with van der Waals surface area (Å²) in [5.74, 6) is -1.23. The van der Waals surface area contributed by atoms with Crippen LogP contribution in [0.2, 0.25) is 0 Å². The minimum Gasteiger partial charge on any atom is -0.483 e. The van der Waals surface area contributed by atoms with Crippen LogP contribution in [0.15, 0.2) is 4.52 Å². The number of aliphatic carboxylic acids is 2. The molecule has 3 N–H and O–H groups in total. The van der Waals surface area contributed by atoms with Gasteiger partial charge in [-0.1, -0.05) is 5.16 Å². The molecule has 1 aliphatic heterocycles. The maximum absolute atomic E-state index is 11.4. The van der Waals surface area contributed by atoms with E-state index in [0.717, 1.165) is 0 Å². The maximum Gasteiger partial charge on any atom is 0.312 e. The van der Waals surface area contributed by atoms with Crippen molar-refractivity contribution < 1.29 is 39.0 Å². The molecule has 0 unspecified atom stereocenters. The van der Waals surface area contributed by atoms with Crippen molar-refractivity contribution in [2.75, 3.05) is 26.8 Å². The van der Waals surface area contributed by atoms with Crippen LogP contribution in [0, 0.1) is 10.8 Å². The third kappa shape index (κ3) is 3.33. The molecule has 2 fully saturated rings. The fraction of sp³-hybridized carbons (Fsp3) is 0.643. The van der Waals surface area contributed by atoms with Gasteiger partial charge in [0.05, 0.1) is 24.0 Å². The number of carboxylic acid groups (broad SMARTS) is 3. The zero-order valence-corrected chi connectivity index (χ0v) is 13.5. The molecule has 2 atom stereocenters. The van der Waals surface area contributed by atoms with Crippen LogP contribution in [-0.2, 0) is 32.1 Å². The Kier molecular flexibility index (Phi) is 5.38. The number of hydrogen-bond acceptors (Lipinski definition) is 8. The summed E-state index contributed by atoms with van der Waals surface area (Å²) in [4.78, 5) is 37.2. The molecule has 1 aliphatic carbocycles. The Hall–Kier alpha value is -2.53. The molecule has 3 rings (SSSR count). The Balaban J connectivity index is 0.000000701. The van der Waals surface area contributed by atoms with Gasteiger partial charge in [-0.05, 0) is 6.42 Å². The highest BCUT2D eigenvalue weighted by atomic mass is 16.5. The lowest BCUT2D eigenvalue weighted by Gasteiger charge is -2.16. The smallest absolute Gasteiger partial charge is 0.312 e. The third-order valence-electron chi connectivity index (χ3n) is 4.60. The van der Waals surface area contributed by atoms with Crippen LogP contribution in [0.25, 0.3) is 0 Å². The predicted molar refractivity (Wildman–Crippen MR) is 78.6 cm³/mol. The van der Waals surface area contributed by atoms with Crippen molar-refractivity contribution in [1.29, 1.82) is 0 Å². The normalized spacial score (nSPS) is 27.1. The SMILES string of the molecule is COCCc1noc(CN2C[C@@]3(C(=O)O)C[C@@]3(C(=O)O)C2)n1.O=CO. The lowest BCUT2D eigenvalue weighted by molar-refractivity contribution is -0.151. The number of hydrogen-bond donors (Lipinski definition) is 3. The van der Waals surface area contributed by atoms with Crippen molar-refractivity contribution in [3.05, 3.63) is 11.7 Å². The first-order valence-corrected chi connectivity index (χ1v) is 7.42. The Bertz CT molecular complexity index is 634. The third-order valence-corrected chi connectivity index (χ3v) is 4.60. The topological polar surface area (TPSA) is 163 Å². The molecule has 11 nitrogen and oxygen atoms in total. The molecule has 1 saturated heterocycles. The number of carbonyl (C=O) groups is 3. The largest absolute Gasteiger partial charge is 0.483 e. The molecule has 1 aromatic rings. The van der Waals surface area contributed by atoms with Crippen LogP contribution in [-0.4, -0.2) is 75.6 Å². The van der Waals surface area contributed by atoms with Gasteiger partial charge in [-0.15, -0.1) is 0 Å². The number of piperidine rings is 1. The second-order valence-electron chi connectivity index (χ2n) is 6.05. The van der Waals surface area contributed by atoms with Crippen molar-refractivity contribution in [1.82, 2.24) is 15.0 Å². The molecule has 1 saturated carbocycles. The maximum atomic E-state index is 11.4. The molecule has 138 valence electrons. The van der Waals surface area contributed by atoms with E-state index < -0.39 is 22.8 Å². The fourth-order valence-electron chi connectivity index (χ4n) is 3.35. The summed E-state index contributed by atoms with van der Waals surface area (Å²) >= 11 is 0. The summed E-state index contributed by atoms with van der Waals surface area (Å²) in [5, 5.41) is 29.4. The summed E-state index contributed by atoms with van der Waals surface area (Å²) in [6.07, 6.45) is 0.711. The minimum atomic E-state index is -1.18. The van der Waals surface area contributed by atoms with Crippen LogP contribution in [0.4, 0.5) is 0 Å². The van der Waals surface area contributed by atoms with Crippen molar-refractivity contribution >= 4 is 18.4 Å². The number of nitrogens with zero attached hydrogens (tertiary/aromatic N) is 3. The average molecular weight is 357 g/mol. The van der Waals surface area contributed by atoms with Gasteiger partial charge in [0, 0.05) is 26.6 Å². The van der Waals surface area contributed by atoms with Gasteiger partial charge in [-0.25, -0.2) is 0 Å². The molecule has 2 aliphatic rings. The van der Waals surface area contributed by atoms with Crippen LogP contribution in [0.1, 0.15) is 18.1 Å². The fourth-order valence-corrected chi connectivity index (χ4v) is 3.35. The van der Waals surface area contributed by atoms with Crippen LogP contribution < -0.4 is 0 Å². The highest BCUT2D eigenvalue weighted by Crippen LogP contribution is 2.68. The Labute approximate surface area is 142 Å². The monoisotopic (exact) mass is 357 g/mol. The van der Waals surface area contributed by atoms with Gasteiger partial charge in [-0.3, -0.25) is 19.3 Å². The number of likely N-dealkylation sites (tertiary alicyclic amines) is 1. The Morgan fingerprint density at radius 2 is 1.88 bits per heavy atom. The summed E-state index contributed by atoms with van der Waals surface area (Å²) in [5.41, 5.74) is -2.37. The van der Waals surface area contributed by atoms with Crippen LogP contribution >= 0.6 is 0 Å². The van der Waals surface area contributed by atoms with E-state index in [0.29, 0.717) is 24.7 Å². The van der Waals surface area contributed by atoms with E-state index >= 15 is 0 Å². The molecule has 0 aromatic carbocycles. The van der Waals surface area contributed by atoms with E-state index in [2.05, 4.69) is 10.1 Å². The van der Waals surface area contributed by atoms with Gasteiger partial charge in [0.1, 0.15) is 0 Å². The second kappa shape index (κ2) is 7.15. The summed E-state index contributed by atoms with van der Waals surface area (Å²) in [6.45, 7) is 0.853. The summed E-state index contributed by atoms with van der Waals surface area (Å²) < 4.78 is 10.0. The summed E-state index contributed by atoms with van der Waals surface area (Å²) in [7, 11) is 1.58. The average Bonchev–Trinajstić information content (AvgIpc) is 2.87. The number of ether oxygens (including phenoxy) is 1. The second-order valence-corrected chi connectivity index (χ2v) is 6.05. The van der Waals surface area contributed by atoms with Gasteiger partial charge in [0.25, 0.3) is 6.47 Å². The highest BCUT2D eigenvalue weighted by Gasteiger charge is 2.80. The molecule has 2 heterocycles. The van der Waals surface area contributed by atoms with E-state index in [9.17, 15) is 19.8 Å². The van der Waals surface area contributed by atoms with E-state index in [-0.39, 0.29) is 32.5 Å². The lowest BCUT2D eigenvalue weighted by atomic mass is 9.97. The molecule has 0 bridgehead atoms. The van der Waals surface area contributed by atoms with Gasteiger partial charge < -0.3 is 24.6 Å². The van der Waals surface area contributed by atoms with E-state index in [1.54, 1.807) is 12.0 Å². The van der Waals surface area contributed by atoms with Crippen molar-refractivity contribution in [2.45, 2.75) is 19.4 Å². The van der Waals surface area contributed by atoms with Gasteiger partial charge in [0.2, 0.25) is 5.89 Å². The molecular formula is C14H19N3O8. The number of carboxylic acids is 2. The van der Waals surface area contributed by atoms with Gasteiger partial charge in [-0.2, -0.15) is 4.98 Å². The van der Waals surface area contributed by atoms with E-state index in [4.69, 9.17) is 19.2 Å². The number of rotatable bonds is 7. The highest BCUT2D eigenvalue weighted by molar-refractivity contribution is 5.94. The first-order chi connectivity index (χ1) is 11.8. The lowest BCUT2D eigenvalue weighted by Crippen LogP contribution is -2.28. The van der Waals surface area contributed by atoms with E-state index in [1.807, 2.05) is 0 Å². The molecule has 1 aromatic heterocycles. The molecule has 25 heavy (non-hydrogen) atoms. The van der Waals surface area contributed by atoms with Crippen molar-refractivity contribution in [3.8, 4) is 0 Å². The molecular weight excluding hydrogens is 338 g/mol. The van der Waals surface area contributed by atoms with E-state index in [1.165, 1.54) is 0 Å². The van der Waals surface area contributed by atoms with Crippen LogP contribution in [0.3, 0.4) is 0 Å². The first-order valence-electron chi connectivity index (χ1n) is 7.42. The van der Waals surface area contributed by atoms with Gasteiger partial charge >= 0.3 is 11.9 Å². The number of aromatic nitrogens is 2. The number of fused-ring (bicyclic) bond motifs is 1. The molecule has 0 radical (unpaired) electrons. The zero-order chi connectivity index (χ0) is 18.7.